The van der Waals surface area contributed by atoms with E-state index in [-0.39, 0.29) is 17.9 Å². The van der Waals surface area contributed by atoms with Crippen LogP contribution in [0.2, 0.25) is 0 Å². The van der Waals surface area contributed by atoms with E-state index < -0.39 is 0 Å². The van der Waals surface area contributed by atoms with Crippen molar-refractivity contribution in [1.29, 1.82) is 0 Å². The van der Waals surface area contributed by atoms with Gasteiger partial charge < -0.3 is 14.5 Å². The number of carbonyl (C=O) groups is 2. The Morgan fingerprint density at radius 2 is 1.50 bits per heavy atom. The van der Waals surface area contributed by atoms with Crippen molar-refractivity contribution >= 4 is 11.8 Å². The molecule has 0 N–H and O–H groups in total. The fraction of sp³-hybridized carbons (Fsp3) is 0.882. The summed E-state index contributed by atoms with van der Waals surface area (Å²) in [6.07, 6.45) is 2.28. The summed E-state index contributed by atoms with van der Waals surface area (Å²) in [4.78, 5) is 33.2. The van der Waals surface area contributed by atoms with Gasteiger partial charge >= 0.3 is 0 Å². The average Bonchev–Trinajstić information content (AvgIpc) is 3.17. The molecule has 24 heavy (non-hydrogen) atoms. The van der Waals surface area contributed by atoms with Gasteiger partial charge in [0.1, 0.15) is 0 Å². The van der Waals surface area contributed by atoms with Crippen molar-refractivity contribution in [2.24, 2.45) is 0 Å². The van der Waals surface area contributed by atoms with Crippen LogP contribution in [0, 0.1) is 0 Å². The van der Waals surface area contributed by atoms with E-state index in [1.165, 1.54) is 0 Å². The van der Waals surface area contributed by atoms with Gasteiger partial charge in [-0.1, -0.05) is 0 Å². The number of ether oxygens (including phenoxy) is 1. The van der Waals surface area contributed by atoms with Gasteiger partial charge in [-0.3, -0.25) is 19.4 Å². The first-order valence-corrected chi connectivity index (χ1v) is 9.26. The zero-order valence-electron chi connectivity index (χ0n) is 14.8. The van der Waals surface area contributed by atoms with Crippen molar-refractivity contribution < 1.29 is 14.3 Å². The predicted octanol–water partition coefficient (Wildman–Crippen LogP) is -0.526. The minimum absolute atomic E-state index is 0.0838. The second-order valence-corrected chi connectivity index (χ2v) is 7.01. The second-order valence-electron chi connectivity index (χ2n) is 7.01. The van der Waals surface area contributed by atoms with E-state index in [9.17, 15) is 9.59 Å². The number of hydrogen-bond donors (Lipinski definition) is 0. The lowest BCUT2D eigenvalue weighted by atomic mass is 10.2. The SMILES string of the molecule is CC(C(=O)N1CCOCC1)N1CCN(CC(=O)N2CCCC2)CC1. The van der Waals surface area contributed by atoms with Gasteiger partial charge in [-0.15, -0.1) is 0 Å². The Morgan fingerprint density at radius 3 is 2.12 bits per heavy atom. The number of piperazine rings is 1. The third-order valence-corrected chi connectivity index (χ3v) is 5.45. The highest BCUT2D eigenvalue weighted by atomic mass is 16.5. The van der Waals surface area contributed by atoms with Crippen molar-refractivity contribution in [1.82, 2.24) is 19.6 Å². The first-order valence-electron chi connectivity index (χ1n) is 9.26. The molecule has 3 fully saturated rings. The van der Waals surface area contributed by atoms with Crippen LogP contribution in [-0.4, -0.2) is 110 Å². The summed E-state index contributed by atoms with van der Waals surface area (Å²) >= 11 is 0. The van der Waals surface area contributed by atoms with Crippen molar-refractivity contribution in [2.45, 2.75) is 25.8 Å². The molecule has 2 amide bonds. The third-order valence-electron chi connectivity index (χ3n) is 5.45. The maximum absolute atomic E-state index is 12.6. The molecule has 3 saturated heterocycles. The Balaban J connectivity index is 1.42. The van der Waals surface area contributed by atoms with E-state index >= 15 is 0 Å². The Bertz CT molecular complexity index is 439. The number of morpholine rings is 1. The van der Waals surface area contributed by atoms with Crippen LogP contribution in [0.25, 0.3) is 0 Å². The van der Waals surface area contributed by atoms with E-state index in [2.05, 4.69) is 9.80 Å². The first-order chi connectivity index (χ1) is 11.6. The van der Waals surface area contributed by atoms with Gasteiger partial charge in [-0.25, -0.2) is 0 Å². The first kappa shape index (κ1) is 17.6. The van der Waals surface area contributed by atoms with Crippen molar-refractivity contribution in [3.63, 3.8) is 0 Å². The van der Waals surface area contributed by atoms with Gasteiger partial charge in [0, 0.05) is 52.4 Å². The maximum atomic E-state index is 12.6. The second kappa shape index (κ2) is 8.27. The largest absolute Gasteiger partial charge is 0.378 e. The van der Waals surface area contributed by atoms with E-state index in [4.69, 9.17) is 4.74 Å². The molecule has 3 aliphatic rings. The number of nitrogens with zero attached hydrogens (tertiary/aromatic N) is 4. The van der Waals surface area contributed by atoms with Crippen LogP contribution in [0.4, 0.5) is 0 Å². The molecule has 7 heteroatoms. The number of amides is 2. The van der Waals surface area contributed by atoms with Crippen LogP contribution in [0.3, 0.4) is 0 Å². The van der Waals surface area contributed by atoms with Crippen LogP contribution in [0.1, 0.15) is 19.8 Å². The van der Waals surface area contributed by atoms with Crippen LogP contribution in [0.5, 0.6) is 0 Å². The molecule has 0 aromatic carbocycles. The molecule has 7 nitrogen and oxygen atoms in total. The zero-order chi connectivity index (χ0) is 16.9. The van der Waals surface area contributed by atoms with E-state index in [1.54, 1.807) is 0 Å². The summed E-state index contributed by atoms with van der Waals surface area (Å²) in [5, 5.41) is 0. The summed E-state index contributed by atoms with van der Waals surface area (Å²) in [6, 6.07) is -0.0838. The molecule has 0 aromatic heterocycles. The molecule has 0 radical (unpaired) electrons. The Hall–Kier alpha value is -1.18. The van der Waals surface area contributed by atoms with Crippen LogP contribution >= 0.6 is 0 Å². The predicted molar refractivity (Wildman–Crippen MR) is 90.7 cm³/mol. The van der Waals surface area contributed by atoms with Gasteiger partial charge in [-0.2, -0.15) is 0 Å². The summed E-state index contributed by atoms with van der Waals surface area (Å²) in [6.45, 7) is 10.5. The lowest BCUT2D eigenvalue weighted by Crippen LogP contribution is -2.56. The van der Waals surface area contributed by atoms with Crippen LogP contribution < -0.4 is 0 Å². The van der Waals surface area contributed by atoms with Crippen LogP contribution in [-0.2, 0) is 14.3 Å². The van der Waals surface area contributed by atoms with Gasteiger partial charge in [0.25, 0.3) is 0 Å². The fourth-order valence-electron chi connectivity index (χ4n) is 3.77. The summed E-state index contributed by atoms with van der Waals surface area (Å²) in [7, 11) is 0. The zero-order valence-corrected chi connectivity index (χ0v) is 14.8. The van der Waals surface area contributed by atoms with E-state index in [1.807, 2.05) is 16.7 Å². The lowest BCUT2D eigenvalue weighted by Gasteiger charge is -2.39. The summed E-state index contributed by atoms with van der Waals surface area (Å²) in [5.74, 6) is 0.471. The molecule has 0 spiro atoms. The fourth-order valence-corrected chi connectivity index (χ4v) is 3.77. The molecule has 0 aliphatic carbocycles. The minimum Gasteiger partial charge on any atom is -0.378 e. The number of likely N-dealkylation sites (tertiary alicyclic amines) is 1. The van der Waals surface area contributed by atoms with Gasteiger partial charge in [0.05, 0.1) is 25.8 Å². The Morgan fingerprint density at radius 1 is 0.875 bits per heavy atom. The molecule has 0 saturated carbocycles. The summed E-state index contributed by atoms with van der Waals surface area (Å²) < 4.78 is 5.32. The molecule has 0 aromatic rings. The highest BCUT2D eigenvalue weighted by molar-refractivity contribution is 5.81. The van der Waals surface area contributed by atoms with Gasteiger partial charge in [-0.05, 0) is 19.8 Å². The molecule has 1 atom stereocenters. The molecule has 3 aliphatic heterocycles. The smallest absolute Gasteiger partial charge is 0.239 e. The monoisotopic (exact) mass is 338 g/mol. The van der Waals surface area contributed by atoms with E-state index in [0.29, 0.717) is 32.8 Å². The Labute approximate surface area is 144 Å². The number of hydrogen-bond acceptors (Lipinski definition) is 5. The molecule has 3 heterocycles. The molecular weight excluding hydrogens is 308 g/mol. The molecule has 3 rings (SSSR count). The molecular formula is C17H30N4O3. The van der Waals surface area contributed by atoms with Crippen molar-refractivity contribution in [3.05, 3.63) is 0 Å². The highest BCUT2D eigenvalue weighted by Gasteiger charge is 2.30. The summed E-state index contributed by atoms with van der Waals surface area (Å²) in [5.41, 5.74) is 0. The third kappa shape index (κ3) is 4.26. The average molecular weight is 338 g/mol. The van der Waals surface area contributed by atoms with Crippen LogP contribution in [0.15, 0.2) is 0 Å². The molecule has 1 unspecified atom stereocenters. The quantitative estimate of drug-likeness (QED) is 0.690. The lowest BCUT2D eigenvalue weighted by molar-refractivity contribution is -0.141. The highest BCUT2D eigenvalue weighted by Crippen LogP contribution is 2.12. The van der Waals surface area contributed by atoms with Gasteiger partial charge in [0.15, 0.2) is 0 Å². The minimum atomic E-state index is -0.0838. The molecule has 136 valence electrons. The standard InChI is InChI=1S/C17H30N4O3/c1-15(17(23)21-10-12-24-13-11-21)19-8-6-18(7-9-19)14-16(22)20-4-2-3-5-20/h15H,2-14H2,1H3. The van der Waals surface area contributed by atoms with Crippen molar-refractivity contribution in [2.75, 3.05) is 72.1 Å². The number of rotatable bonds is 4. The van der Waals surface area contributed by atoms with Gasteiger partial charge in [0.2, 0.25) is 11.8 Å². The van der Waals surface area contributed by atoms with E-state index in [0.717, 1.165) is 52.1 Å². The number of carbonyl (C=O) groups excluding carboxylic acids is 2. The maximum Gasteiger partial charge on any atom is 0.239 e. The molecule has 0 bridgehead atoms. The topological polar surface area (TPSA) is 56.3 Å². The van der Waals surface area contributed by atoms with Crippen molar-refractivity contribution in [3.8, 4) is 0 Å². The Kier molecular flexibility index (Phi) is 6.08. The normalized spacial score (nSPS) is 25.0.